The molecule has 0 radical (unpaired) electrons. The van der Waals surface area contributed by atoms with Crippen molar-refractivity contribution < 1.29 is 5.11 Å². The fourth-order valence-corrected chi connectivity index (χ4v) is 3.56. The van der Waals surface area contributed by atoms with Crippen molar-refractivity contribution >= 4 is 0 Å². The van der Waals surface area contributed by atoms with Crippen LogP contribution in [0, 0.1) is 11.3 Å². The van der Waals surface area contributed by atoms with Crippen molar-refractivity contribution in [3.63, 3.8) is 0 Å². The van der Waals surface area contributed by atoms with E-state index in [0.717, 1.165) is 44.7 Å². The third kappa shape index (κ3) is 1.81. The summed E-state index contributed by atoms with van der Waals surface area (Å²) in [4.78, 5) is 0. The zero-order valence-electron chi connectivity index (χ0n) is 9.76. The lowest BCUT2D eigenvalue weighted by atomic mass is 9.66. The number of nitrogens with one attached hydrogen (secondary N) is 1. The van der Waals surface area contributed by atoms with Gasteiger partial charge in [0.25, 0.3) is 0 Å². The second-order valence-electron chi connectivity index (χ2n) is 5.61. The van der Waals surface area contributed by atoms with Gasteiger partial charge in [0.05, 0.1) is 5.60 Å². The average Bonchev–Trinajstić information content (AvgIpc) is 2.63. The van der Waals surface area contributed by atoms with Crippen molar-refractivity contribution in [1.82, 2.24) is 5.32 Å². The fraction of sp³-hybridized carbons (Fsp3) is 1.00. The molecule has 2 fully saturated rings. The summed E-state index contributed by atoms with van der Waals surface area (Å²) in [7, 11) is 0. The number of hydrogen-bond acceptors (Lipinski definition) is 3. The van der Waals surface area contributed by atoms with Gasteiger partial charge in [0.2, 0.25) is 0 Å². The summed E-state index contributed by atoms with van der Waals surface area (Å²) in [5.74, 6) is 0.729. The maximum absolute atomic E-state index is 10.8. The summed E-state index contributed by atoms with van der Waals surface area (Å²) in [6.45, 7) is 4.80. The molecule has 0 aromatic heterocycles. The zero-order chi connectivity index (χ0) is 10.9. The maximum Gasteiger partial charge on any atom is 0.0740 e. The summed E-state index contributed by atoms with van der Waals surface area (Å²) in [5, 5.41) is 14.1. The van der Waals surface area contributed by atoms with E-state index in [9.17, 15) is 5.11 Å². The summed E-state index contributed by atoms with van der Waals surface area (Å²) >= 11 is 0. The highest BCUT2D eigenvalue weighted by Gasteiger charge is 2.52. The Morgan fingerprint density at radius 2 is 2.00 bits per heavy atom. The van der Waals surface area contributed by atoms with Gasteiger partial charge >= 0.3 is 0 Å². The van der Waals surface area contributed by atoms with Gasteiger partial charge in [0.15, 0.2) is 0 Å². The summed E-state index contributed by atoms with van der Waals surface area (Å²) < 4.78 is 0. The molecule has 1 aliphatic heterocycles. The normalized spacial score (nSPS) is 40.6. The third-order valence-electron chi connectivity index (χ3n) is 4.66. The maximum atomic E-state index is 10.8. The standard InChI is InChI=1S/C12H24N2O/c1-10-2-3-11(8-10,9-13)12(15)4-6-14-7-5-12/h10,14-15H,2-9,13H2,1H3. The summed E-state index contributed by atoms with van der Waals surface area (Å²) in [5.41, 5.74) is 5.47. The zero-order valence-corrected chi connectivity index (χ0v) is 9.76. The Kier molecular flexibility index (Phi) is 3.06. The van der Waals surface area contributed by atoms with E-state index in [-0.39, 0.29) is 5.41 Å². The molecule has 4 N–H and O–H groups in total. The van der Waals surface area contributed by atoms with Crippen molar-refractivity contribution in [3.8, 4) is 0 Å². The number of hydrogen-bond donors (Lipinski definition) is 3. The van der Waals surface area contributed by atoms with Crippen LogP contribution in [0.2, 0.25) is 0 Å². The van der Waals surface area contributed by atoms with Crippen LogP contribution in [-0.2, 0) is 0 Å². The number of piperidine rings is 1. The SMILES string of the molecule is CC1CCC(CN)(C2(O)CCNCC2)C1. The van der Waals surface area contributed by atoms with Crippen molar-refractivity contribution in [2.24, 2.45) is 17.1 Å². The first-order valence-electron chi connectivity index (χ1n) is 6.25. The molecule has 0 aromatic rings. The van der Waals surface area contributed by atoms with E-state index in [2.05, 4.69) is 12.2 Å². The van der Waals surface area contributed by atoms with Crippen LogP contribution in [0.25, 0.3) is 0 Å². The first kappa shape index (κ1) is 11.4. The van der Waals surface area contributed by atoms with Crippen LogP contribution >= 0.6 is 0 Å². The van der Waals surface area contributed by atoms with Gasteiger partial charge in [0.1, 0.15) is 0 Å². The topological polar surface area (TPSA) is 58.3 Å². The smallest absolute Gasteiger partial charge is 0.0740 e. The minimum atomic E-state index is -0.502. The molecule has 1 heterocycles. The molecule has 1 aliphatic carbocycles. The van der Waals surface area contributed by atoms with E-state index in [1.54, 1.807) is 0 Å². The molecule has 0 bridgehead atoms. The fourth-order valence-electron chi connectivity index (χ4n) is 3.56. The second-order valence-corrected chi connectivity index (χ2v) is 5.61. The van der Waals surface area contributed by atoms with Gasteiger partial charge in [-0.1, -0.05) is 13.3 Å². The highest BCUT2D eigenvalue weighted by atomic mass is 16.3. The van der Waals surface area contributed by atoms with Crippen LogP contribution in [0.1, 0.15) is 39.0 Å². The molecule has 1 saturated carbocycles. The Morgan fingerprint density at radius 1 is 1.33 bits per heavy atom. The highest BCUT2D eigenvalue weighted by Crippen LogP contribution is 2.51. The van der Waals surface area contributed by atoms with E-state index in [4.69, 9.17) is 5.73 Å². The van der Waals surface area contributed by atoms with E-state index >= 15 is 0 Å². The Bertz CT molecular complexity index is 226. The number of nitrogens with two attached hydrogens (primary N) is 1. The second kappa shape index (κ2) is 4.04. The van der Waals surface area contributed by atoms with Crippen LogP contribution in [0.3, 0.4) is 0 Å². The Labute approximate surface area is 92.4 Å². The lowest BCUT2D eigenvalue weighted by Gasteiger charge is -2.47. The summed E-state index contributed by atoms with van der Waals surface area (Å²) in [6, 6.07) is 0. The first-order chi connectivity index (χ1) is 7.12. The van der Waals surface area contributed by atoms with Crippen molar-refractivity contribution in [2.45, 2.75) is 44.6 Å². The Balaban J connectivity index is 2.17. The molecule has 0 spiro atoms. The van der Waals surface area contributed by atoms with Crippen LogP contribution in [-0.4, -0.2) is 30.3 Å². The van der Waals surface area contributed by atoms with Gasteiger partial charge < -0.3 is 16.2 Å². The van der Waals surface area contributed by atoms with Crippen LogP contribution in [0.5, 0.6) is 0 Å². The molecular weight excluding hydrogens is 188 g/mol. The molecule has 0 aromatic carbocycles. The van der Waals surface area contributed by atoms with Crippen molar-refractivity contribution in [1.29, 1.82) is 0 Å². The Hall–Kier alpha value is -0.120. The van der Waals surface area contributed by atoms with Crippen LogP contribution in [0.15, 0.2) is 0 Å². The quantitative estimate of drug-likeness (QED) is 0.636. The molecule has 3 nitrogen and oxygen atoms in total. The third-order valence-corrected chi connectivity index (χ3v) is 4.66. The van der Waals surface area contributed by atoms with E-state index in [1.165, 1.54) is 6.42 Å². The monoisotopic (exact) mass is 212 g/mol. The minimum absolute atomic E-state index is 0.00845. The van der Waals surface area contributed by atoms with Crippen LogP contribution in [0.4, 0.5) is 0 Å². The first-order valence-corrected chi connectivity index (χ1v) is 6.25. The molecular formula is C12H24N2O. The lowest BCUT2D eigenvalue weighted by molar-refractivity contribution is -0.0997. The molecule has 3 heteroatoms. The molecule has 2 rings (SSSR count). The molecule has 1 saturated heterocycles. The minimum Gasteiger partial charge on any atom is -0.389 e. The van der Waals surface area contributed by atoms with Gasteiger partial charge in [0, 0.05) is 12.0 Å². The van der Waals surface area contributed by atoms with Gasteiger partial charge in [-0.2, -0.15) is 0 Å². The van der Waals surface area contributed by atoms with Gasteiger partial charge in [-0.25, -0.2) is 0 Å². The molecule has 2 atom stereocenters. The van der Waals surface area contributed by atoms with E-state index < -0.39 is 5.60 Å². The molecule has 15 heavy (non-hydrogen) atoms. The highest BCUT2D eigenvalue weighted by molar-refractivity contribution is 5.05. The predicted octanol–water partition coefficient (Wildman–Crippen LogP) is 0.866. The molecule has 2 aliphatic rings. The predicted molar refractivity (Wildman–Crippen MR) is 61.6 cm³/mol. The van der Waals surface area contributed by atoms with Gasteiger partial charge in [-0.3, -0.25) is 0 Å². The van der Waals surface area contributed by atoms with Crippen molar-refractivity contribution in [2.75, 3.05) is 19.6 Å². The Morgan fingerprint density at radius 3 is 2.47 bits per heavy atom. The summed E-state index contributed by atoms with van der Waals surface area (Å²) in [6.07, 6.45) is 5.20. The average molecular weight is 212 g/mol. The van der Waals surface area contributed by atoms with E-state index in [1.807, 2.05) is 0 Å². The lowest BCUT2D eigenvalue weighted by Crippen LogP contribution is -2.56. The van der Waals surface area contributed by atoms with E-state index in [0.29, 0.717) is 6.54 Å². The number of aliphatic hydroxyl groups is 1. The van der Waals surface area contributed by atoms with Gasteiger partial charge in [-0.15, -0.1) is 0 Å². The number of rotatable bonds is 2. The van der Waals surface area contributed by atoms with Crippen molar-refractivity contribution in [3.05, 3.63) is 0 Å². The van der Waals surface area contributed by atoms with Crippen LogP contribution < -0.4 is 11.1 Å². The molecule has 0 amide bonds. The molecule has 2 unspecified atom stereocenters. The van der Waals surface area contributed by atoms with Gasteiger partial charge in [-0.05, 0) is 44.7 Å². The largest absolute Gasteiger partial charge is 0.389 e. The molecule has 88 valence electrons.